The van der Waals surface area contributed by atoms with Crippen LogP contribution in [0.25, 0.3) is 0 Å². The fourth-order valence-corrected chi connectivity index (χ4v) is 2.77. The molecule has 0 spiro atoms. The maximum Gasteiger partial charge on any atom is 0.337 e. The highest BCUT2D eigenvalue weighted by Crippen LogP contribution is 2.31. The third kappa shape index (κ3) is 3.65. The molecule has 1 N–H and O–H groups in total. The van der Waals surface area contributed by atoms with Crippen LogP contribution in [0.4, 0.5) is 0 Å². The molecule has 0 radical (unpaired) electrons. The molecule has 2 aliphatic rings. The Bertz CT molecular complexity index is 568. The van der Waals surface area contributed by atoms with Gasteiger partial charge >= 0.3 is 11.9 Å². The number of esters is 2. The highest BCUT2D eigenvalue weighted by molar-refractivity contribution is 5.93. The predicted molar refractivity (Wildman–Crippen MR) is 80.9 cm³/mol. The Hall–Kier alpha value is -1.88. The molecule has 0 unspecified atom stereocenters. The number of aliphatic hydroxyl groups excluding tert-OH is 1. The highest BCUT2D eigenvalue weighted by Gasteiger charge is 2.32. The van der Waals surface area contributed by atoms with Gasteiger partial charge in [-0.1, -0.05) is 11.6 Å². The normalized spacial score (nSPS) is 28.3. The van der Waals surface area contributed by atoms with Crippen LogP contribution >= 0.6 is 0 Å². The van der Waals surface area contributed by atoms with Crippen LogP contribution in [0.15, 0.2) is 34.4 Å². The smallest absolute Gasteiger partial charge is 0.337 e. The molecule has 0 aromatic carbocycles. The van der Waals surface area contributed by atoms with Crippen molar-refractivity contribution in [3.63, 3.8) is 0 Å². The molecule has 0 amide bonds. The quantitative estimate of drug-likeness (QED) is 0.625. The molecule has 1 heterocycles. The van der Waals surface area contributed by atoms with E-state index in [1.807, 2.05) is 19.9 Å². The highest BCUT2D eigenvalue weighted by atomic mass is 16.6. The van der Waals surface area contributed by atoms with E-state index in [9.17, 15) is 14.7 Å². The van der Waals surface area contributed by atoms with E-state index < -0.39 is 12.1 Å². The molecule has 1 aliphatic carbocycles. The molecule has 0 saturated heterocycles. The Morgan fingerprint density at radius 3 is 2.77 bits per heavy atom. The van der Waals surface area contributed by atoms with E-state index in [1.54, 1.807) is 0 Å². The summed E-state index contributed by atoms with van der Waals surface area (Å²) in [6.45, 7) is 4.94. The van der Waals surface area contributed by atoms with Crippen molar-refractivity contribution in [3.05, 3.63) is 34.4 Å². The third-order valence-electron chi connectivity index (χ3n) is 4.07. The van der Waals surface area contributed by atoms with Gasteiger partial charge in [0, 0.05) is 13.3 Å². The molecule has 2 rings (SSSR count). The van der Waals surface area contributed by atoms with Gasteiger partial charge in [0.2, 0.25) is 0 Å². The molecule has 5 nitrogen and oxygen atoms in total. The second-order valence-corrected chi connectivity index (χ2v) is 5.78. The maximum atomic E-state index is 11.8. The van der Waals surface area contributed by atoms with Gasteiger partial charge in [0.05, 0.1) is 12.2 Å². The first-order valence-corrected chi connectivity index (χ1v) is 7.47. The van der Waals surface area contributed by atoms with Crippen molar-refractivity contribution in [1.29, 1.82) is 0 Å². The Kier molecular flexibility index (Phi) is 5.19. The zero-order valence-corrected chi connectivity index (χ0v) is 13.2. The minimum atomic E-state index is -0.474. The van der Waals surface area contributed by atoms with Gasteiger partial charge in [-0.2, -0.15) is 0 Å². The number of hydrogen-bond acceptors (Lipinski definition) is 5. The van der Waals surface area contributed by atoms with Crippen LogP contribution in [0.1, 0.15) is 40.0 Å². The Balaban J connectivity index is 2.38. The summed E-state index contributed by atoms with van der Waals surface area (Å²) in [4.78, 5) is 23.1. The number of carbonyl (C=O) groups is 2. The number of allylic oxidation sites excluding steroid dienone is 1. The molecule has 0 saturated carbocycles. The summed E-state index contributed by atoms with van der Waals surface area (Å²) in [5, 5.41) is 9.40. The fourth-order valence-electron chi connectivity index (χ4n) is 2.77. The number of aliphatic hydroxyl groups is 1. The van der Waals surface area contributed by atoms with E-state index in [-0.39, 0.29) is 18.7 Å². The number of hydrogen-bond donors (Lipinski definition) is 1. The first-order valence-electron chi connectivity index (χ1n) is 7.47. The minimum absolute atomic E-state index is 0.312. The van der Waals surface area contributed by atoms with Crippen LogP contribution < -0.4 is 0 Å². The zero-order valence-electron chi connectivity index (χ0n) is 13.2. The number of fused-ring (bicyclic) bond motifs is 1. The molecule has 0 aromatic heterocycles. The first kappa shape index (κ1) is 16.5. The van der Waals surface area contributed by atoms with Gasteiger partial charge in [0.25, 0.3) is 0 Å². The summed E-state index contributed by atoms with van der Waals surface area (Å²) in [5.74, 6) is -0.799. The number of ether oxygens (including phenoxy) is 2. The number of rotatable bonds is 2. The van der Waals surface area contributed by atoms with Gasteiger partial charge in [0.15, 0.2) is 0 Å². The van der Waals surface area contributed by atoms with E-state index in [4.69, 9.17) is 9.47 Å². The van der Waals surface area contributed by atoms with E-state index >= 15 is 0 Å². The Morgan fingerprint density at radius 1 is 1.41 bits per heavy atom. The second kappa shape index (κ2) is 6.92. The maximum absolute atomic E-state index is 11.8. The molecule has 0 bridgehead atoms. The minimum Gasteiger partial charge on any atom is -0.458 e. The molecule has 120 valence electrons. The van der Waals surface area contributed by atoms with E-state index in [0.29, 0.717) is 18.4 Å². The van der Waals surface area contributed by atoms with Crippen molar-refractivity contribution >= 4 is 11.9 Å². The lowest BCUT2D eigenvalue weighted by Gasteiger charge is -2.20. The van der Waals surface area contributed by atoms with Crippen molar-refractivity contribution in [2.45, 2.75) is 52.2 Å². The van der Waals surface area contributed by atoms with Crippen molar-refractivity contribution in [1.82, 2.24) is 0 Å². The standard InChI is InChI=1S/C17H22O5/c1-10-4-6-13-14(9-18)17(20)22-16(13)8-11(2)15(7-5-10)21-12(3)19/h5,8,15-16,18H,4,6-7,9H2,1-3H3/b10-5+,11-8?/t15-,16-/m1/s1. The molecule has 0 fully saturated rings. The molecule has 2 atom stereocenters. The van der Waals surface area contributed by atoms with Crippen LogP contribution in [0.3, 0.4) is 0 Å². The molecular weight excluding hydrogens is 284 g/mol. The largest absolute Gasteiger partial charge is 0.458 e. The summed E-state index contributed by atoms with van der Waals surface area (Å²) in [6, 6.07) is 0. The van der Waals surface area contributed by atoms with Crippen LogP contribution in [0.5, 0.6) is 0 Å². The van der Waals surface area contributed by atoms with Crippen molar-refractivity contribution in [3.8, 4) is 0 Å². The summed E-state index contributed by atoms with van der Waals surface area (Å²) in [7, 11) is 0. The predicted octanol–water partition coefficient (Wildman–Crippen LogP) is 2.21. The SMILES string of the molecule is CC(=O)O[C@@H]1C/C=C(\C)CCC2=C(CO)C(=O)O[C@@H]2C=C1C. The van der Waals surface area contributed by atoms with E-state index in [0.717, 1.165) is 23.1 Å². The first-order chi connectivity index (χ1) is 10.4. The Labute approximate surface area is 130 Å². The van der Waals surface area contributed by atoms with Crippen LogP contribution in [0, 0.1) is 0 Å². The van der Waals surface area contributed by atoms with Gasteiger partial charge < -0.3 is 14.6 Å². The summed E-state index contributed by atoms with van der Waals surface area (Å²) >= 11 is 0. The van der Waals surface area contributed by atoms with E-state index in [1.165, 1.54) is 6.92 Å². The summed E-state index contributed by atoms with van der Waals surface area (Å²) < 4.78 is 10.7. The van der Waals surface area contributed by atoms with E-state index in [2.05, 4.69) is 6.08 Å². The lowest BCUT2D eigenvalue weighted by atomic mass is 9.93. The average molecular weight is 306 g/mol. The van der Waals surface area contributed by atoms with Gasteiger partial charge in [-0.05, 0) is 43.9 Å². The molecular formula is C17H22O5. The average Bonchev–Trinajstić information content (AvgIpc) is 2.74. The molecule has 1 aliphatic heterocycles. The lowest BCUT2D eigenvalue weighted by Crippen LogP contribution is -2.20. The lowest BCUT2D eigenvalue weighted by molar-refractivity contribution is -0.144. The fraction of sp³-hybridized carbons (Fsp3) is 0.529. The third-order valence-corrected chi connectivity index (χ3v) is 4.07. The van der Waals surface area contributed by atoms with Gasteiger partial charge in [0.1, 0.15) is 12.2 Å². The van der Waals surface area contributed by atoms with Crippen molar-refractivity contribution in [2.24, 2.45) is 0 Å². The van der Waals surface area contributed by atoms with Gasteiger partial charge in [-0.15, -0.1) is 0 Å². The van der Waals surface area contributed by atoms with Crippen LogP contribution in [0.2, 0.25) is 0 Å². The summed E-state index contributed by atoms with van der Waals surface area (Å²) in [6.07, 6.45) is 5.12. The topological polar surface area (TPSA) is 72.8 Å². The van der Waals surface area contributed by atoms with Crippen LogP contribution in [-0.2, 0) is 19.1 Å². The monoisotopic (exact) mass is 306 g/mol. The van der Waals surface area contributed by atoms with Gasteiger partial charge in [-0.3, -0.25) is 4.79 Å². The molecule has 22 heavy (non-hydrogen) atoms. The zero-order chi connectivity index (χ0) is 16.3. The Morgan fingerprint density at radius 2 is 2.14 bits per heavy atom. The van der Waals surface area contributed by atoms with Gasteiger partial charge in [-0.25, -0.2) is 4.79 Å². The second-order valence-electron chi connectivity index (χ2n) is 5.78. The summed E-state index contributed by atoms with van der Waals surface area (Å²) in [5.41, 5.74) is 3.18. The van der Waals surface area contributed by atoms with Crippen molar-refractivity contribution in [2.75, 3.05) is 6.61 Å². The van der Waals surface area contributed by atoms with Crippen molar-refractivity contribution < 1.29 is 24.2 Å². The molecule has 0 aromatic rings. The number of carbonyl (C=O) groups excluding carboxylic acids is 2. The van der Waals surface area contributed by atoms with Crippen LogP contribution in [-0.4, -0.2) is 35.9 Å². The molecule has 5 heteroatoms.